The highest BCUT2D eigenvalue weighted by Crippen LogP contribution is 2.38. The smallest absolute Gasteiger partial charge is 0.401 e. The molecule has 1 saturated heterocycles. The lowest BCUT2D eigenvalue weighted by Gasteiger charge is -2.20. The minimum atomic E-state index is -4.18. The molecular weight excluding hydrogens is 528 g/mol. The van der Waals surface area contributed by atoms with Crippen molar-refractivity contribution in [3.8, 4) is 17.2 Å². The van der Waals surface area contributed by atoms with Crippen LogP contribution in [0.25, 0.3) is 0 Å². The van der Waals surface area contributed by atoms with Crippen LogP contribution in [0.5, 0.6) is 17.2 Å². The van der Waals surface area contributed by atoms with Gasteiger partial charge in [0.2, 0.25) is 5.75 Å². The molecule has 11 heteroatoms. The molecule has 0 spiro atoms. The predicted octanol–water partition coefficient (Wildman–Crippen LogP) is 3.41. The van der Waals surface area contributed by atoms with Gasteiger partial charge in [0.05, 0.1) is 33.9 Å². The highest BCUT2D eigenvalue weighted by molar-refractivity contribution is 14.0. The molecule has 1 heterocycles. The number of hydrogen-bond acceptors (Lipinski definition) is 5. The Balaban J connectivity index is 0.00000480. The van der Waals surface area contributed by atoms with Crippen LogP contribution in [-0.4, -0.2) is 70.1 Å². The molecule has 31 heavy (non-hydrogen) atoms. The van der Waals surface area contributed by atoms with Gasteiger partial charge in [-0.15, -0.1) is 24.0 Å². The summed E-state index contributed by atoms with van der Waals surface area (Å²) in [6.45, 7) is 5.12. The number of nitrogens with one attached hydrogen (secondary N) is 2. The fourth-order valence-corrected chi connectivity index (χ4v) is 3.34. The Morgan fingerprint density at radius 1 is 1.19 bits per heavy atom. The van der Waals surface area contributed by atoms with Gasteiger partial charge in [0.25, 0.3) is 0 Å². The number of ether oxygens (including phenoxy) is 3. The lowest BCUT2D eigenvalue weighted by molar-refractivity contribution is -0.143. The number of nitrogens with zero attached hydrogens (tertiary/aromatic N) is 2. The largest absolute Gasteiger partial charge is 0.493 e. The maximum atomic E-state index is 12.6. The van der Waals surface area contributed by atoms with Crippen LogP contribution >= 0.6 is 24.0 Å². The normalized spacial score (nSPS) is 17.1. The summed E-state index contributed by atoms with van der Waals surface area (Å²) in [5.41, 5.74) is 0.856. The summed E-state index contributed by atoms with van der Waals surface area (Å²) in [6, 6.07) is 3.58. The van der Waals surface area contributed by atoms with Gasteiger partial charge < -0.3 is 24.8 Å². The van der Waals surface area contributed by atoms with Gasteiger partial charge in [0, 0.05) is 25.7 Å². The van der Waals surface area contributed by atoms with E-state index in [9.17, 15) is 13.2 Å². The minimum absolute atomic E-state index is 0. The standard InChI is InChI=1S/C20H31F3N4O3.HI/c1-5-24-19(26-15-7-8-27(12-15)13-20(21,22)23)25-11-14-9-16(28-3)18(30-6-2)17(10-14)29-4;/h9-10,15H,5-8,11-13H2,1-4H3,(H2,24,25,26);1H. The maximum absolute atomic E-state index is 12.6. The van der Waals surface area contributed by atoms with Crippen LogP contribution in [-0.2, 0) is 6.54 Å². The zero-order chi connectivity index (χ0) is 22.1. The van der Waals surface area contributed by atoms with E-state index in [0.29, 0.717) is 62.4 Å². The number of halogens is 4. The molecule has 7 nitrogen and oxygen atoms in total. The summed E-state index contributed by atoms with van der Waals surface area (Å²) < 4.78 is 54.2. The summed E-state index contributed by atoms with van der Waals surface area (Å²) in [5.74, 6) is 2.20. The Morgan fingerprint density at radius 3 is 2.35 bits per heavy atom. The van der Waals surface area contributed by atoms with Crippen LogP contribution in [0.4, 0.5) is 13.2 Å². The van der Waals surface area contributed by atoms with Gasteiger partial charge in [-0.2, -0.15) is 13.2 Å². The number of likely N-dealkylation sites (tertiary alicyclic amines) is 1. The first-order chi connectivity index (χ1) is 14.3. The number of benzene rings is 1. The Bertz CT molecular complexity index is 694. The molecule has 0 amide bonds. The van der Waals surface area contributed by atoms with Gasteiger partial charge in [-0.05, 0) is 38.0 Å². The van der Waals surface area contributed by atoms with Crippen LogP contribution in [0.2, 0.25) is 0 Å². The van der Waals surface area contributed by atoms with Crippen molar-refractivity contribution >= 4 is 29.9 Å². The Labute approximate surface area is 198 Å². The van der Waals surface area contributed by atoms with Crippen LogP contribution in [0, 0.1) is 0 Å². The van der Waals surface area contributed by atoms with Crippen molar-refractivity contribution in [2.24, 2.45) is 4.99 Å². The van der Waals surface area contributed by atoms with Gasteiger partial charge in [-0.1, -0.05) is 0 Å². The summed E-state index contributed by atoms with van der Waals surface area (Å²) in [4.78, 5) is 5.98. The number of aliphatic imine (C=N–C) groups is 1. The third-order valence-electron chi connectivity index (χ3n) is 4.59. The Morgan fingerprint density at radius 2 is 1.84 bits per heavy atom. The van der Waals surface area contributed by atoms with Gasteiger partial charge in [-0.3, -0.25) is 4.90 Å². The number of rotatable bonds is 9. The fourth-order valence-electron chi connectivity index (χ4n) is 3.34. The van der Waals surface area contributed by atoms with E-state index in [1.807, 2.05) is 26.0 Å². The first-order valence-electron chi connectivity index (χ1n) is 10.0. The second-order valence-electron chi connectivity index (χ2n) is 6.94. The van der Waals surface area contributed by atoms with Crippen molar-refractivity contribution in [3.05, 3.63) is 17.7 Å². The van der Waals surface area contributed by atoms with Crippen molar-refractivity contribution in [2.75, 3.05) is 47.0 Å². The molecular formula is C20H32F3IN4O3. The molecule has 0 aliphatic carbocycles. The zero-order valence-electron chi connectivity index (χ0n) is 18.3. The SMILES string of the molecule is CCNC(=NCc1cc(OC)c(OCC)c(OC)c1)NC1CCN(CC(F)(F)F)C1.I. The minimum Gasteiger partial charge on any atom is -0.493 e. The highest BCUT2D eigenvalue weighted by atomic mass is 127. The van der Waals surface area contributed by atoms with Crippen LogP contribution in [0.1, 0.15) is 25.8 Å². The van der Waals surface area contributed by atoms with E-state index in [2.05, 4.69) is 15.6 Å². The average molecular weight is 560 g/mol. The molecule has 0 aromatic heterocycles. The topological polar surface area (TPSA) is 67.4 Å². The first kappa shape index (κ1) is 27.4. The summed E-state index contributed by atoms with van der Waals surface area (Å²) in [7, 11) is 3.12. The number of methoxy groups -OCH3 is 2. The lowest BCUT2D eigenvalue weighted by atomic mass is 10.2. The molecule has 1 aliphatic heterocycles. The maximum Gasteiger partial charge on any atom is 0.401 e. The van der Waals surface area contributed by atoms with E-state index in [1.165, 1.54) is 4.90 Å². The van der Waals surface area contributed by atoms with Crippen molar-refractivity contribution in [2.45, 2.75) is 39.0 Å². The van der Waals surface area contributed by atoms with Crippen LogP contribution < -0.4 is 24.8 Å². The molecule has 1 aromatic rings. The molecule has 1 aliphatic rings. The number of alkyl halides is 3. The fraction of sp³-hybridized carbons (Fsp3) is 0.650. The molecule has 178 valence electrons. The molecule has 1 aromatic carbocycles. The number of guanidine groups is 1. The van der Waals surface area contributed by atoms with Crippen molar-refractivity contribution in [1.29, 1.82) is 0 Å². The second kappa shape index (κ2) is 13.0. The molecule has 1 fully saturated rings. The van der Waals surface area contributed by atoms with E-state index in [0.717, 1.165) is 5.56 Å². The average Bonchev–Trinajstić information content (AvgIpc) is 3.11. The summed E-state index contributed by atoms with van der Waals surface area (Å²) in [5, 5.41) is 6.38. The second-order valence-corrected chi connectivity index (χ2v) is 6.94. The van der Waals surface area contributed by atoms with Crippen molar-refractivity contribution in [3.63, 3.8) is 0 Å². The van der Waals surface area contributed by atoms with Gasteiger partial charge >= 0.3 is 6.18 Å². The highest BCUT2D eigenvalue weighted by Gasteiger charge is 2.34. The third kappa shape index (κ3) is 8.79. The molecule has 0 bridgehead atoms. The quantitative estimate of drug-likeness (QED) is 0.274. The van der Waals surface area contributed by atoms with E-state index in [-0.39, 0.29) is 30.0 Å². The molecule has 2 N–H and O–H groups in total. The molecule has 0 radical (unpaired) electrons. The lowest BCUT2D eigenvalue weighted by Crippen LogP contribution is -2.45. The number of hydrogen-bond donors (Lipinski definition) is 2. The van der Waals surface area contributed by atoms with Crippen molar-refractivity contribution in [1.82, 2.24) is 15.5 Å². The van der Waals surface area contributed by atoms with Crippen molar-refractivity contribution < 1.29 is 27.4 Å². The van der Waals surface area contributed by atoms with E-state index < -0.39 is 12.7 Å². The van der Waals surface area contributed by atoms with Gasteiger partial charge in [-0.25, -0.2) is 4.99 Å². The van der Waals surface area contributed by atoms with Crippen LogP contribution in [0.15, 0.2) is 17.1 Å². The summed E-state index contributed by atoms with van der Waals surface area (Å²) in [6.07, 6.45) is -3.55. The van der Waals surface area contributed by atoms with Gasteiger partial charge in [0.1, 0.15) is 0 Å². The van der Waals surface area contributed by atoms with E-state index in [4.69, 9.17) is 14.2 Å². The van der Waals surface area contributed by atoms with Crippen LogP contribution in [0.3, 0.4) is 0 Å². The monoisotopic (exact) mass is 560 g/mol. The molecule has 2 rings (SSSR count). The van der Waals surface area contributed by atoms with Gasteiger partial charge in [0.15, 0.2) is 17.5 Å². The van der Waals surface area contributed by atoms with E-state index >= 15 is 0 Å². The predicted molar refractivity (Wildman–Crippen MR) is 125 cm³/mol. The van der Waals surface area contributed by atoms with E-state index in [1.54, 1.807) is 14.2 Å². The Kier molecular flexibility index (Phi) is 11.5. The molecule has 0 saturated carbocycles. The summed E-state index contributed by atoms with van der Waals surface area (Å²) >= 11 is 0. The molecule has 1 atom stereocenters. The molecule has 1 unspecified atom stereocenters. The third-order valence-corrected chi connectivity index (χ3v) is 4.59. The Hall–Kier alpha value is -1.63. The zero-order valence-corrected chi connectivity index (χ0v) is 20.7. The first-order valence-corrected chi connectivity index (χ1v) is 10.0.